The first-order valence-electron chi connectivity index (χ1n) is 10.0. The number of halogens is 1. The highest BCUT2D eigenvalue weighted by atomic mass is 127. The van der Waals surface area contributed by atoms with Crippen molar-refractivity contribution in [2.24, 2.45) is 10.9 Å². The predicted octanol–water partition coefficient (Wildman–Crippen LogP) is 2.92. The average molecular weight is 519 g/mol. The van der Waals surface area contributed by atoms with Gasteiger partial charge in [-0.05, 0) is 56.6 Å². The third-order valence-electron chi connectivity index (χ3n) is 5.88. The molecule has 1 amide bonds. The van der Waals surface area contributed by atoms with Crippen LogP contribution in [0.2, 0.25) is 0 Å². The molecule has 6 nitrogen and oxygen atoms in total. The van der Waals surface area contributed by atoms with Crippen LogP contribution in [-0.2, 0) is 4.79 Å². The maximum absolute atomic E-state index is 11.5. The number of aliphatic imine (C=N–C) groups is 1. The molecule has 0 aromatic carbocycles. The number of thiophene rings is 1. The lowest BCUT2D eigenvalue weighted by molar-refractivity contribution is -0.129. The van der Waals surface area contributed by atoms with Gasteiger partial charge in [0.05, 0.1) is 0 Å². The maximum Gasteiger partial charge on any atom is 0.219 e. The molecule has 0 saturated carbocycles. The van der Waals surface area contributed by atoms with Crippen LogP contribution < -0.4 is 10.6 Å². The van der Waals surface area contributed by atoms with Crippen LogP contribution in [0.25, 0.3) is 0 Å². The SMILES string of the molecule is CN=C(NCC1CCCN(C)C1c1cccs1)NC1CCN(C(C)=O)CC1.I. The molecule has 0 aliphatic carbocycles. The Morgan fingerprint density at radius 1 is 1.29 bits per heavy atom. The number of amides is 1. The molecule has 2 aliphatic heterocycles. The molecule has 1 aromatic rings. The minimum absolute atomic E-state index is 0. The molecule has 158 valence electrons. The molecule has 2 fully saturated rings. The molecule has 2 atom stereocenters. The molecule has 8 heteroatoms. The van der Waals surface area contributed by atoms with E-state index in [2.05, 4.69) is 45.1 Å². The number of guanidine groups is 1. The van der Waals surface area contributed by atoms with Crippen LogP contribution >= 0.6 is 35.3 Å². The van der Waals surface area contributed by atoms with Crippen molar-refractivity contribution in [3.63, 3.8) is 0 Å². The smallest absolute Gasteiger partial charge is 0.219 e. The Kier molecular flexibility index (Phi) is 9.49. The lowest BCUT2D eigenvalue weighted by atomic mass is 9.88. The number of nitrogens with zero attached hydrogens (tertiary/aromatic N) is 3. The highest BCUT2D eigenvalue weighted by Gasteiger charge is 2.31. The third-order valence-corrected chi connectivity index (χ3v) is 6.82. The second-order valence-corrected chi connectivity index (χ2v) is 8.70. The molecule has 3 rings (SSSR count). The molecule has 2 unspecified atom stereocenters. The number of carbonyl (C=O) groups excluding carboxylic acids is 1. The van der Waals surface area contributed by atoms with Crippen LogP contribution in [0.3, 0.4) is 0 Å². The fraction of sp³-hybridized carbons (Fsp3) is 0.700. The largest absolute Gasteiger partial charge is 0.356 e. The normalized spacial score (nSPS) is 24.5. The van der Waals surface area contributed by atoms with E-state index in [-0.39, 0.29) is 29.9 Å². The summed E-state index contributed by atoms with van der Waals surface area (Å²) < 4.78 is 0. The number of hydrogen-bond donors (Lipinski definition) is 2. The van der Waals surface area contributed by atoms with Gasteiger partial charge in [-0.15, -0.1) is 35.3 Å². The van der Waals surface area contributed by atoms with Gasteiger partial charge in [0.15, 0.2) is 5.96 Å². The standard InChI is InChI=1S/C20H33N5OS.HI/c1-15(26)25-11-8-17(9-12-25)23-20(21-2)22-14-16-6-4-10-24(3)19(16)18-7-5-13-27-18;/h5,7,13,16-17,19H,4,6,8-12,14H2,1-3H3,(H2,21,22,23);1H. The van der Waals surface area contributed by atoms with Gasteiger partial charge in [0.25, 0.3) is 0 Å². The topological polar surface area (TPSA) is 60.0 Å². The summed E-state index contributed by atoms with van der Waals surface area (Å²) in [6.07, 6.45) is 4.45. The minimum atomic E-state index is 0. The van der Waals surface area contributed by atoms with Gasteiger partial charge in [-0.3, -0.25) is 14.7 Å². The van der Waals surface area contributed by atoms with E-state index in [1.165, 1.54) is 24.3 Å². The zero-order chi connectivity index (χ0) is 19.2. The molecule has 3 heterocycles. The van der Waals surface area contributed by atoms with E-state index < -0.39 is 0 Å². The monoisotopic (exact) mass is 519 g/mol. The average Bonchev–Trinajstić information content (AvgIpc) is 3.19. The van der Waals surface area contributed by atoms with Crippen LogP contribution in [0.15, 0.2) is 22.5 Å². The molecule has 1 aromatic heterocycles. The van der Waals surface area contributed by atoms with Gasteiger partial charge in [-0.2, -0.15) is 0 Å². The van der Waals surface area contributed by atoms with Crippen molar-refractivity contribution < 1.29 is 4.79 Å². The number of carbonyl (C=O) groups is 1. The zero-order valence-electron chi connectivity index (χ0n) is 17.2. The zero-order valence-corrected chi connectivity index (χ0v) is 20.3. The van der Waals surface area contributed by atoms with Gasteiger partial charge in [-0.25, -0.2) is 0 Å². The molecule has 2 saturated heterocycles. The number of piperidine rings is 2. The summed E-state index contributed by atoms with van der Waals surface area (Å²) in [6, 6.07) is 5.29. The highest BCUT2D eigenvalue weighted by Crippen LogP contribution is 2.36. The van der Waals surface area contributed by atoms with Crippen LogP contribution in [0, 0.1) is 5.92 Å². The minimum Gasteiger partial charge on any atom is -0.356 e. The van der Waals surface area contributed by atoms with Crippen molar-refractivity contribution in [2.75, 3.05) is 40.3 Å². The van der Waals surface area contributed by atoms with Crippen molar-refractivity contribution in [1.82, 2.24) is 20.4 Å². The molecule has 0 radical (unpaired) electrons. The summed E-state index contributed by atoms with van der Waals surface area (Å²) in [6.45, 7) is 5.41. The maximum atomic E-state index is 11.5. The summed E-state index contributed by atoms with van der Waals surface area (Å²) in [5.74, 6) is 1.65. The molecule has 28 heavy (non-hydrogen) atoms. The summed E-state index contributed by atoms with van der Waals surface area (Å²) in [4.78, 5) is 21.8. The molecule has 0 bridgehead atoms. The highest BCUT2D eigenvalue weighted by molar-refractivity contribution is 14.0. The Bertz CT molecular complexity index is 631. The summed E-state index contributed by atoms with van der Waals surface area (Å²) in [7, 11) is 4.08. The van der Waals surface area contributed by atoms with Gasteiger partial charge in [-0.1, -0.05) is 6.07 Å². The van der Waals surface area contributed by atoms with Crippen LogP contribution in [-0.4, -0.2) is 68.0 Å². The first-order chi connectivity index (χ1) is 13.1. The van der Waals surface area contributed by atoms with Crippen molar-refractivity contribution in [2.45, 2.75) is 44.7 Å². The van der Waals surface area contributed by atoms with Gasteiger partial charge >= 0.3 is 0 Å². The summed E-state index contributed by atoms with van der Waals surface area (Å²) >= 11 is 1.86. The van der Waals surface area contributed by atoms with Crippen molar-refractivity contribution in [1.29, 1.82) is 0 Å². The van der Waals surface area contributed by atoms with Gasteiger partial charge in [0.1, 0.15) is 0 Å². The molecular weight excluding hydrogens is 485 g/mol. The number of nitrogens with one attached hydrogen (secondary N) is 2. The summed E-state index contributed by atoms with van der Waals surface area (Å²) in [5, 5.41) is 9.30. The van der Waals surface area contributed by atoms with E-state index >= 15 is 0 Å². The van der Waals surface area contributed by atoms with E-state index in [4.69, 9.17) is 0 Å². The van der Waals surface area contributed by atoms with Gasteiger partial charge < -0.3 is 15.5 Å². The van der Waals surface area contributed by atoms with Crippen LogP contribution in [0.5, 0.6) is 0 Å². The Morgan fingerprint density at radius 2 is 2.04 bits per heavy atom. The summed E-state index contributed by atoms with van der Waals surface area (Å²) in [5.41, 5.74) is 0. The first kappa shape index (κ1) is 23.4. The van der Waals surface area contributed by atoms with Crippen molar-refractivity contribution in [3.05, 3.63) is 22.4 Å². The van der Waals surface area contributed by atoms with E-state index in [1.54, 1.807) is 6.92 Å². The number of hydrogen-bond acceptors (Lipinski definition) is 4. The Balaban J connectivity index is 0.00000280. The predicted molar refractivity (Wildman–Crippen MR) is 128 cm³/mol. The second kappa shape index (κ2) is 11.3. The van der Waals surface area contributed by atoms with Crippen molar-refractivity contribution in [3.8, 4) is 0 Å². The van der Waals surface area contributed by atoms with Gasteiger partial charge in [0.2, 0.25) is 5.91 Å². The Hall–Kier alpha value is -0.870. The fourth-order valence-electron chi connectivity index (χ4n) is 4.34. The van der Waals surface area contributed by atoms with Crippen molar-refractivity contribution >= 4 is 47.2 Å². The Labute approximate surface area is 190 Å². The van der Waals surface area contributed by atoms with Crippen LogP contribution in [0.4, 0.5) is 0 Å². The number of rotatable bonds is 4. The fourth-order valence-corrected chi connectivity index (χ4v) is 5.32. The van der Waals surface area contributed by atoms with E-state index in [0.29, 0.717) is 18.0 Å². The first-order valence-corrected chi connectivity index (χ1v) is 10.9. The lowest BCUT2D eigenvalue weighted by Crippen LogP contribution is -2.51. The lowest BCUT2D eigenvalue weighted by Gasteiger charge is -2.39. The quantitative estimate of drug-likeness (QED) is 0.365. The van der Waals surface area contributed by atoms with E-state index in [9.17, 15) is 4.79 Å². The van der Waals surface area contributed by atoms with Crippen LogP contribution in [0.1, 0.15) is 43.5 Å². The van der Waals surface area contributed by atoms with E-state index in [1.807, 2.05) is 23.3 Å². The second-order valence-electron chi connectivity index (χ2n) is 7.72. The molecule has 2 aliphatic rings. The Morgan fingerprint density at radius 3 is 2.64 bits per heavy atom. The molecule has 0 spiro atoms. The van der Waals surface area contributed by atoms with Gasteiger partial charge in [0, 0.05) is 50.6 Å². The molecule has 2 N–H and O–H groups in total. The van der Waals surface area contributed by atoms with E-state index in [0.717, 1.165) is 38.4 Å². The number of likely N-dealkylation sites (tertiary alicyclic amines) is 2. The molecular formula is C20H34IN5OS. The third kappa shape index (κ3) is 6.06.